The Kier molecular flexibility index (Phi) is 5.80. The third-order valence-electron chi connectivity index (χ3n) is 3.26. The van der Waals surface area contributed by atoms with Crippen LogP contribution in [0.1, 0.15) is 26.2 Å². The summed E-state index contributed by atoms with van der Waals surface area (Å²) in [6, 6.07) is 3.04. The molecule has 1 N–H and O–H groups in total. The van der Waals surface area contributed by atoms with Crippen LogP contribution in [0.25, 0.3) is 10.9 Å². The van der Waals surface area contributed by atoms with E-state index in [-0.39, 0.29) is 18.0 Å². The molecule has 1 amide bonds. The number of aromatic nitrogens is 2. The van der Waals surface area contributed by atoms with Crippen molar-refractivity contribution in [3.05, 3.63) is 38.9 Å². The minimum absolute atomic E-state index is 0.0714. The van der Waals surface area contributed by atoms with Gasteiger partial charge in [0, 0.05) is 11.6 Å². The van der Waals surface area contributed by atoms with Gasteiger partial charge < -0.3 is 5.32 Å². The van der Waals surface area contributed by atoms with E-state index in [0.717, 1.165) is 19.3 Å². The van der Waals surface area contributed by atoms with Gasteiger partial charge in [-0.1, -0.05) is 43.0 Å². The molecule has 0 aliphatic carbocycles. The summed E-state index contributed by atoms with van der Waals surface area (Å²) >= 11 is 11.9. The molecule has 1 heterocycles. The molecule has 0 unspecified atom stereocenters. The monoisotopic (exact) mass is 341 g/mol. The van der Waals surface area contributed by atoms with Gasteiger partial charge >= 0.3 is 0 Å². The van der Waals surface area contributed by atoms with Crippen LogP contribution in [0, 0.1) is 0 Å². The average Bonchev–Trinajstić information content (AvgIpc) is 2.47. The zero-order chi connectivity index (χ0) is 16.1. The Bertz CT molecular complexity index is 743. The van der Waals surface area contributed by atoms with Crippen LogP contribution in [0.4, 0.5) is 0 Å². The quantitative estimate of drug-likeness (QED) is 0.821. The van der Waals surface area contributed by atoms with Crippen molar-refractivity contribution >= 4 is 40.0 Å². The van der Waals surface area contributed by atoms with Gasteiger partial charge in [0.15, 0.2) is 0 Å². The third-order valence-corrected chi connectivity index (χ3v) is 3.77. The molecular weight excluding hydrogens is 325 g/mol. The lowest BCUT2D eigenvalue weighted by Gasteiger charge is -2.08. The molecule has 7 heteroatoms. The lowest BCUT2D eigenvalue weighted by Crippen LogP contribution is -2.33. The number of nitrogens with one attached hydrogen (secondary N) is 1. The van der Waals surface area contributed by atoms with Crippen molar-refractivity contribution in [1.29, 1.82) is 0 Å². The molecule has 0 saturated carbocycles. The SMILES string of the molecule is CCCCCNC(=O)Cn1cnc2c(Cl)cc(Cl)cc2c1=O. The summed E-state index contributed by atoms with van der Waals surface area (Å²) in [5.74, 6) is -0.215. The molecule has 1 aromatic heterocycles. The Morgan fingerprint density at radius 2 is 2.09 bits per heavy atom. The summed E-state index contributed by atoms with van der Waals surface area (Å²) in [4.78, 5) is 28.4. The van der Waals surface area contributed by atoms with Crippen LogP contribution < -0.4 is 10.9 Å². The number of carbonyl (C=O) groups is 1. The number of unbranched alkanes of at least 4 members (excludes halogenated alkanes) is 2. The van der Waals surface area contributed by atoms with E-state index in [1.54, 1.807) is 0 Å². The van der Waals surface area contributed by atoms with Gasteiger partial charge in [-0.15, -0.1) is 0 Å². The number of hydrogen-bond acceptors (Lipinski definition) is 3. The Hall–Kier alpha value is -1.59. The average molecular weight is 342 g/mol. The highest BCUT2D eigenvalue weighted by atomic mass is 35.5. The Morgan fingerprint density at radius 1 is 1.32 bits per heavy atom. The molecule has 0 fully saturated rings. The minimum Gasteiger partial charge on any atom is -0.355 e. The van der Waals surface area contributed by atoms with Gasteiger partial charge in [0.05, 0.1) is 22.3 Å². The molecule has 2 aromatic rings. The van der Waals surface area contributed by atoms with Crippen LogP contribution >= 0.6 is 23.2 Å². The van der Waals surface area contributed by atoms with Gasteiger partial charge in [0.2, 0.25) is 5.91 Å². The normalized spacial score (nSPS) is 10.9. The highest BCUT2D eigenvalue weighted by molar-refractivity contribution is 6.38. The molecule has 0 aliphatic rings. The molecule has 0 bridgehead atoms. The van der Waals surface area contributed by atoms with Crippen LogP contribution in [0.5, 0.6) is 0 Å². The van der Waals surface area contributed by atoms with E-state index in [1.807, 2.05) is 0 Å². The standard InChI is InChI=1S/C15H17Cl2N3O2/c1-2-3-4-5-18-13(21)8-20-9-19-14-11(15(20)22)6-10(16)7-12(14)17/h6-7,9H,2-5,8H2,1H3,(H,18,21). The van der Waals surface area contributed by atoms with Crippen molar-refractivity contribution in [3.63, 3.8) is 0 Å². The summed E-state index contributed by atoms with van der Waals surface area (Å²) in [6.45, 7) is 2.64. The maximum atomic E-state index is 12.4. The first-order valence-electron chi connectivity index (χ1n) is 7.13. The zero-order valence-electron chi connectivity index (χ0n) is 12.2. The number of nitrogens with zero attached hydrogens (tertiary/aromatic N) is 2. The molecule has 1 aromatic carbocycles. The van der Waals surface area contributed by atoms with Crippen LogP contribution in [0.3, 0.4) is 0 Å². The largest absolute Gasteiger partial charge is 0.355 e. The molecule has 118 valence electrons. The van der Waals surface area contributed by atoms with Crippen LogP contribution in [-0.2, 0) is 11.3 Å². The first-order chi connectivity index (χ1) is 10.5. The van der Waals surface area contributed by atoms with Crippen molar-refractivity contribution in [3.8, 4) is 0 Å². The maximum Gasteiger partial charge on any atom is 0.261 e. The van der Waals surface area contributed by atoms with E-state index in [4.69, 9.17) is 23.2 Å². The highest BCUT2D eigenvalue weighted by Gasteiger charge is 2.11. The summed E-state index contributed by atoms with van der Waals surface area (Å²) < 4.78 is 1.25. The maximum absolute atomic E-state index is 12.4. The smallest absolute Gasteiger partial charge is 0.261 e. The Balaban J connectivity index is 2.17. The molecule has 0 spiro atoms. The first kappa shape index (κ1) is 16.8. The summed E-state index contributed by atoms with van der Waals surface area (Å²) in [5, 5.41) is 3.76. The minimum atomic E-state index is -0.335. The van der Waals surface area contributed by atoms with Gasteiger partial charge in [-0.25, -0.2) is 4.98 Å². The Labute approximate surface area is 138 Å². The fraction of sp³-hybridized carbons (Fsp3) is 0.400. The number of amides is 1. The highest BCUT2D eigenvalue weighted by Crippen LogP contribution is 2.23. The molecule has 0 atom stereocenters. The van der Waals surface area contributed by atoms with E-state index < -0.39 is 0 Å². The lowest BCUT2D eigenvalue weighted by atomic mass is 10.2. The zero-order valence-corrected chi connectivity index (χ0v) is 13.7. The molecule has 0 radical (unpaired) electrons. The summed E-state index contributed by atoms with van der Waals surface area (Å²) in [6.07, 6.45) is 4.41. The lowest BCUT2D eigenvalue weighted by molar-refractivity contribution is -0.121. The van der Waals surface area contributed by atoms with E-state index in [0.29, 0.717) is 27.5 Å². The molecule has 22 heavy (non-hydrogen) atoms. The van der Waals surface area contributed by atoms with Gasteiger partial charge in [-0.05, 0) is 18.6 Å². The van der Waals surface area contributed by atoms with E-state index >= 15 is 0 Å². The van der Waals surface area contributed by atoms with Crippen molar-refractivity contribution in [2.75, 3.05) is 6.54 Å². The second-order valence-corrected chi connectivity index (χ2v) is 5.86. The third kappa shape index (κ3) is 3.99. The first-order valence-corrected chi connectivity index (χ1v) is 7.89. The molecule has 0 saturated heterocycles. The molecule has 5 nitrogen and oxygen atoms in total. The number of fused-ring (bicyclic) bond motifs is 1. The molecule has 2 rings (SSSR count). The Morgan fingerprint density at radius 3 is 2.82 bits per heavy atom. The van der Waals surface area contributed by atoms with Crippen molar-refractivity contribution < 1.29 is 4.79 Å². The van der Waals surface area contributed by atoms with E-state index in [2.05, 4.69) is 17.2 Å². The van der Waals surface area contributed by atoms with Crippen LogP contribution in [0.2, 0.25) is 10.0 Å². The molecular formula is C15H17Cl2N3O2. The van der Waals surface area contributed by atoms with Crippen molar-refractivity contribution in [2.24, 2.45) is 0 Å². The van der Waals surface area contributed by atoms with Crippen molar-refractivity contribution in [1.82, 2.24) is 14.9 Å². The number of halogens is 2. The topological polar surface area (TPSA) is 64.0 Å². The summed E-state index contributed by atoms with van der Waals surface area (Å²) in [5.41, 5.74) is 0.0498. The van der Waals surface area contributed by atoms with E-state index in [1.165, 1.54) is 23.0 Å². The van der Waals surface area contributed by atoms with E-state index in [9.17, 15) is 9.59 Å². The van der Waals surface area contributed by atoms with Crippen molar-refractivity contribution in [2.45, 2.75) is 32.7 Å². The fourth-order valence-corrected chi connectivity index (χ4v) is 2.66. The second kappa shape index (κ2) is 7.61. The number of hydrogen-bond donors (Lipinski definition) is 1. The number of benzene rings is 1. The fourth-order valence-electron chi connectivity index (χ4n) is 2.12. The number of rotatable bonds is 6. The number of carbonyl (C=O) groups excluding carboxylic acids is 1. The second-order valence-electron chi connectivity index (χ2n) is 5.02. The van der Waals surface area contributed by atoms with Crippen LogP contribution in [0.15, 0.2) is 23.3 Å². The predicted octanol–water partition coefficient (Wildman–Crippen LogP) is 3.01. The van der Waals surface area contributed by atoms with Gasteiger partial charge in [-0.2, -0.15) is 0 Å². The summed E-state index contributed by atoms with van der Waals surface area (Å²) in [7, 11) is 0. The van der Waals surface area contributed by atoms with Crippen LogP contribution in [-0.4, -0.2) is 22.0 Å². The van der Waals surface area contributed by atoms with Gasteiger partial charge in [0.25, 0.3) is 5.56 Å². The molecule has 0 aliphatic heterocycles. The van der Waals surface area contributed by atoms with Gasteiger partial charge in [-0.3, -0.25) is 14.2 Å². The predicted molar refractivity (Wildman–Crippen MR) is 88.6 cm³/mol. The van der Waals surface area contributed by atoms with Gasteiger partial charge in [0.1, 0.15) is 6.54 Å².